The van der Waals surface area contributed by atoms with Crippen molar-refractivity contribution in [2.75, 3.05) is 6.79 Å². The van der Waals surface area contributed by atoms with Crippen LogP contribution in [0.5, 0.6) is 11.5 Å². The number of ether oxygens (including phenoxy) is 2. The molecule has 0 aliphatic heterocycles. The fraction of sp³-hybridized carbons (Fsp3) is 0.0500. The van der Waals surface area contributed by atoms with Crippen molar-refractivity contribution in [1.29, 1.82) is 5.41 Å². The lowest BCUT2D eigenvalue weighted by Crippen LogP contribution is -2.13. The number of sulfonamides is 1. The Hall–Kier alpha value is -3.36. The highest BCUT2D eigenvalue weighted by atomic mass is 32.2. The van der Waals surface area contributed by atoms with E-state index in [1.165, 1.54) is 6.07 Å². The van der Waals surface area contributed by atoms with Crippen LogP contribution in [0, 0.1) is 5.41 Å². The summed E-state index contributed by atoms with van der Waals surface area (Å²) < 4.78 is 34.5. The number of rotatable bonds is 7. The molecule has 0 heterocycles. The van der Waals surface area contributed by atoms with Crippen molar-refractivity contribution < 1.29 is 17.9 Å². The van der Waals surface area contributed by atoms with Gasteiger partial charge in [0.1, 0.15) is 17.3 Å². The molecular weight excluding hydrogens is 378 g/mol. The molecule has 0 radical (unpaired) electrons. The highest BCUT2D eigenvalue weighted by Crippen LogP contribution is 2.28. The topological polar surface area (TPSA) is 128 Å². The van der Waals surface area contributed by atoms with Crippen molar-refractivity contribution in [2.24, 2.45) is 10.9 Å². The summed E-state index contributed by atoms with van der Waals surface area (Å²) in [6.07, 6.45) is 0. The minimum atomic E-state index is -3.82. The van der Waals surface area contributed by atoms with Gasteiger partial charge in [0.15, 0.2) is 0 Å². The van der Waals surface area contributed by atoms with Gasteiger partial charge in [0.25, 0.3) is 0 Å². The third kappa shape index (κ3) is 4.67. The van der Waals surface area contributed by atoms with Gasteiger partial charge in [-0.3, -0.25) is 5.41 Å². The molecule has 144 valence electrons. The van der Waals surface area contributed by atoms with Crippen LogP contribution in [0.25, 0.3) is 11.1 Å². The lowest BCUT2D eigenvalue weighted by Gasteiger charge is -2.11. The Balaban J connectivity index is 1.65. The van der Waals surface area contributed by atoms with Crippen LogP contribution in [0.15, 0.2) is 77.7 Å². The molecule has 0 atom stereocenters. The van der Waals surface area contributed by atoms with Crippen LogP contribution >= 0.6 is 0 Å². The first-order chi connectivity index (χ1) is 13.3. The Morgan fingerprint density at radius 1 is 0.857 bits per heavy atom. The molecule has 0 saturated heterocycles. The summed E-state index contributed by atoms with van der Waals surface area (Å²) in [5.74, 6) is 1.15. The van der Waals surface area contributed by atoms with E-state index in [2.05, 4.69) is 0 Å². The zero-order valence-electron chi connectivity index (χ0n) is 14.8. The summed E-state index contributed by atoms with van der Waals surface area (Å²) in [4.78, 5) is 0.0704. The molecule has 0 spiro atoms. The van der Waals surface area contributed by atoms with E-state index in [0.717, 1.165) is 0 Å². The largest absolute Gasteiger partial charge is 0.458 e. The van der Waals surface area contributed by atoms with Gasteiger partial charge in [-0.05, 0) is 48.0 Å². The molecular formula is C20H19N3O4S. The maximum atomic E-state index is 11.7. The van der Waals surface area contributed by atoms with Gasteiger partial charge in [-0.2, -0.15) is 0 Å². The van der Waals surface area contributed by atoms with Crippen molar-refractivity contribution in [1.82, 2.24) is 0 Å². The van der Waals surface area contributed by atoms with Gasteiger partial charge in [0, 0.05) is 11.1 Å². The van der Waals surface area contributed by atoms with Gasteiger partial charge in [0.2, 0.25) is 16.8 Å². The molecule has 8 heteroatoms. The summed E-state index contributed by atoms with van der Waals surface area (Å²) in [7, 11) is -3.82. The van der Waals surface area contributed by atoms with Crippen LogP contribution in [0.1, 0.15) is 5.56 Å². The third-order valence-corrected chi connectivity index (χ3v) is 4.94. The second kappa shape index (κ2) is 8.12. The molecule has 0 amide bonds. The Kier molecular flexibility index (Phi) is 5.62. The van der Waals surface area contributed by atoms with Crippen LogP contribution in [0.4, 0.5) is 0 Å². The van der Waals surface area contributed by atoms with Crippen molar-refractivity contribution in [3.8, 4) is 22.6 Å². The summed E-state index contributed by atoms with van der Waals surface area (Å²) >= 11 is 0. The SMILES string of the molecule is N=C(N)c1ccc(OCOc2ccc(-c3ccccc3S(N)(=O)=O)cc2)cc1. The van der Waals surface area contributed by atoms with E-state index in [9.17, 15) is 8.42 Å². The van der Waals surface area contributed by atoms with E-state index in [-0.39, 0.29) is 17.5 Å². The molecule has 3 rings (SSSR count). The molecule has 3 aromatic carbocycles. The first-order valence-electron chi connectivity index (χ1n) is 8.27. The number of hydrogen-bond acceptors (Lipinski definition) is 5. The van der Waals surface area contributed by atoms with E-state index in [1.807, 2.05) is 0 Å². The highest BCUT2D eigenvalue weighted by molar-refractivity contribution is 7.89. The molecule has 5 N–H and O–H groups in total. The molecule has 0 fully saturated rings. The van der Waals surface area contributed by atoms with Crippen LogP contribution in [-0.4, -0.2) is 21.0 Å². The monoisotopic (exact) mass is 397 g/mol. The number of benzene rings is 3. The van der Waals surface area contributed by atoms with E-state index in [0.29, 0.717) is 28.2 Å². The fourth-order valence-corrected chi connectivity index (χ4v) is 3.34. The first-order valence-corrected chi connectivity index (χ1v) is 9.81. The molecule has 7 nitrogen and oxygen atoms in total. The number of nitrogen functional groups attached to an aromatic ring is 1. The lowest BCUT2D eigenvalue weighted by atomic mass is 10.1. The van der Waals surface area contributed by atoms with Gasteiger partial charge in [-0.15, -0.1) is 0 Å². The average molecular weight is 397 g/mol. The zero-order valence-corrected chi connectivity index (χ0v) is 15.6. The van der Waals surface area contributed by atoms with Crippen LogP contribution in [0.2, 0.25) is 0 Å². The van der Waals surface area contributed by atoms with Gasteiger partial charge in [0.05, 0.1) is 4.90 Å². The van der Waals surface area contributed by atoms with Gasteiger partial charge in [-0.1, -0.05) is 30.3 Å². The fourth-order valence-electron chi connectivity index (χ4n) is 2.58. The van der Waals surface area contributed by atoms with E-state index in [1.54, 1.807) is 66.7 Å². The lowest BCUT2D eigenvalue weighted by molar-refractivity contribution is 0.120. The number of nitrogens with one attached hydrogen (secondary N) is 1. The van der Waals surface area contributed by atoms with Gasteiger partial charge >= 0.3 is 0 Å². The van der Waals surface area contributed by atoms with Gasteiger partial charge in [-0.25, -0.2) is 13.6 Å². The average Bonchev–Trinajstić information content (AvgIpc) is 2.68. The van der Waals surface area contributed by atoms with Crippen molar-refractivity contribution in [3.05, 3.63) is 78.4 Å². The Morgan fingerprint density at radius 2 is 1.39 bits per heavy atom. The number of amidine groups is 1. The summed E-state index contributed by atoms with van der Waals surface area (Å²) in [5, 5.41) is 12.6. The standard InChI is InChI=1S/C20H19N3O4S/c21-20(22)15-7-11-17(12-8-15)27-13-26-16-9-5-14(6-10-16)18-3-1-2-4-19(18)28(23,24)25/h1-12H,13H2,(H3,21,22)(H2,23,24,25). The van der Waals surface area contributed by atoms with Crippen molar-refractivity contribution in [3.63, 3.8) is 0 Å². The molecule has 3 aromatic rings. The maximum Gasteiger partial charge on any atom is 0.238 e. The predicted molar refractivity (Wildman–Crippen MR) is 107 cm³/mol. The number of nitrogens with two attached hydrogens (primary N) is 2. The smallest absolute Gasteiger partial charge is 0.238 e. The zero-order chi connectivity index (χ0) is 20.1. The minimum absolute atomic E-state index is 0.00741. The normalized spacial score (nSPS) is 11.0. The number of hydrogen-bond donors (Lipinski definition) is 3. The molecule has 28 heavy (non-hydrogen) atoms. The Morgan fingerprint density at radius 3 is 1.93 bits per heavy atom. The quantitative estimate of drug-likeness (QED) is 0.321. The van der Waals surface area contributed by atoms with E-state index < -0.39 is 10.0 Å². The second-order valence-corrected chi connectivity index (χ2v) is 7.44. The van der Waals surface area contributed by atoms with Gasteiger partial charge < -0.3 is 15.2 Å². The summed E-state index contributed by atoms with van der Waals surface area (Å²) in [6.45, 7) is -0.00741. The molecule has 0 bridgehead atoms. The van der Waals surface area contributed by atoms with Crippen molar-refractivity contribution in [2.45, 2.75) is 4.90 Å². The Labute approximate surface area is 163 Å². The van der Waals surface area contributed by atoms with E-state index >= 15 is 0 Å². The summed E-state index contributed by atoms with van der Waals surface area (Å²) in [5.41, 5.74) is 7.25. The van der Waals surface area contributed by atoms with Crippen LogP contribution in [-0.2, 0) is 10.0 Å². The summed E-state index contributed by atoms with van der Waals surface area (Å²) in [6, 6.07) is 20.3. The van der Waals surface area contributed by atoms with Crippen molar-refractivity contribution >= 4 is 15.9 Å². The molecule has 0 aliphatic carbocycles. The molecule has 0 aliphatic rings. The second-order valence-electron chi connectivity index (χ2n) is 5.91. The van der Waals surface area contributed by atoms with E-state index in [4.69, 9.17) is 25.8 Å². The number of primary sulfonamides is 1. The Bertz CT molecular complexity index is 1080. The highest BCUT2D eigenvalue weighted by Gasteiger charge is 2.14. The first kappa shape index (κ1) is 19.4. The van der Waals surface area contributed by atoms with Crippen LogP contribution < -0.4 is 20.3 Å². The molecule has 0 saturated carbocycles. The molecule has 0 unspecified atom stereocenters. The predicted octanol–water partition coefficient (Wildman–Crippen LogP) is 2.70. The minimum Gasteiger partial charge on any atom is -0.458 e. The van der Waals surface area contributed by atoms with Crippen LogP contribution in [0.3, 0.4) is 0 Å². The molecule has 0 aromatic heterocycles. The maximum absolute atomic E-state index is 11.7. The third-order valence-electron chi connectivity index (χ3n) is 3.98.